The molecule has 0 aliphatic carbocycles. The number of thiophene rings is 1. The van der Waals surface area contributed by atoms with Gasteiger partial charge in [-0.1, -0.05) is 6.92 Å². The molecule has 2 rings (SSSR count). The molecular formula is C14H20BrN3S. The lowest BCUT2D eigenvalue weighted by Gasteiger charge is -2.15. The van der Waals surface area contributed by atoms with E-state index in [1.807, 2.05) is 4.68 Å². The lowest BCUT2D eigenvalue weighted by Crippen LogP contribution is -2.22. The maximum absolute atomic E-state index is 4.63. The minimum atomic E-state index is 0.344. The van der Waals surface area contributed by atoms with Crippen molar-refractivity contribution in [2.45, 2.75) is 39.3 Å². The molecule has 0 aromatic carbocycles. The molecule has 3 nitrogen and oxygen atoms in total. The van der Waals surface area contributed by atoms with Gasteiger partial charge in [0.25, 0.3) is 0 Å². The Balaban J connectivity index is 2.11. The van der Waals surface area contributed by atoms with Gasteiger partial charge < -0.3 is 5.32 Å². The van der Waals surface area contributed by atoms with Crippen LogP contribution in [0.15, 0.2) is 28.2 Å². The van der Waals surface area contributed by atoms with Crippen LogP contribution < -0.4 is 5.32 Å². The van der Waals surface area contributed by atoms with Crippen LogP contribution in [0.4, 0.5) is 0 Å². The van der Waals surface area contributed by atoms with Crippen molar-refractivity contribution in [3.05, 3.63) is 38.8 Å². The Hall–Kier alpha value is -0.650. The average Bonchev–Trinajstić information content (AvgIpc) is 2.97. The number of aromatic nitrogens is 2. The van der Waals surface area contributed by atoms with E-state index in [0.29, 0.717) is 12.1 Å². The summed E-state index contributed by atoms with van der Waals surface area (Å²) < 4.78 is 3.20. The Morgan fingerprint density at radius 2 is 2.16 bits per heavy atom. The van der Waals surface area contributed by atoms with Gasteiger partial charge in [0, 0.05) is 29.6 Å². The van der Waals surface area contributed by atoms with Crippen molar-refractivity contribution < 1.29 is 0 Å². The largest absolute Gasteiger partial charge is 0.309 e. The Morgan fingerprint density at radius 1 is 1.37 bits per heavy atom. The van der Waals surface area contributed by atoms with Crippen molar-refractivity contribution in [2.75, 3.05) is 6.54 Å². The standard InChI is InChI=1S/C14H20BrN3S/c1-4-16-12(13-5-6-14(15)19-13)9-11-7-8-18(17-11)10(2)3/h5-8,10,12,16H,4,9H2,1-3H3. The third-order valence-electron chi connectivity index (χ3n) is 2.99. The fourth-order valence-electron chi connectivity index (χ4n) is 2.02. The molecule has 0 aliphatic rings. The van der Waals surface area contributed by atoms with Gasteiger partial charge in [-0.25, -0.2) is 0 Å². The highest BCUT2D eigenvalue weighted by Crippen LogP contribution is 2.29. The third kappa shape index (κ3) is 3.91. The van der Waals surface area contributed by atoms with Crippen molar-refractivity contribution in [3.8, 4) is 0 Å². The number of hydrogen-bond donors (Lipinski definition) is 1. The Labute approximate surface area is 127 Å². The molecule has 2 aromatic heterocycles. The molecule has 0 amide bonds. The summed E-state index contributed by atoms with van der Waals surface area (Å²) in [5.41, 5.74) is 1.14. The fourth-order valence-corrected chi connectivity index (χ4v) is 3.52. The van der Waals surface area contributed by atoms with Gasteiger partial charge in [-0.2, -0.15) is 5.10 Å². The van der Waals surface area contributed by atoms with Crippen LogP contribution in [-0.2, 0) is 6.42 Å². The first-order chi connectivity index (χ1) is 9.10. The van der Waals surface area contributed by atoms with Gasteiger partial charge in [-0.3, -0.25) is 4.68 Å². The minimum absolute atomic E-state index is 0.344. The molecule has 1 N–H and O–H groups in total. The highest BCUT2D eigenvalue weighted by Gasteiger charge is 2.15. The predicted octanol–water partition coefficient (Wildman–Crippen LogP) is 4.18. The maximum atomic E-state index is 4.63. The number of likely N-dealkylation sites (N-methyl/N-ethyl adjacent to an activating group) is 1. The van der Waals surface area contributed by atoms with Gasteiger partial charge in [-0.15, -0.1) is 11.3 Å². The van der Waals surface area contributed by atoms with Crippen molar-refractivity contribution in [3.63, 3.8) is 0 Å². The van der Waals surface area contributed by atoms with E-state index in [0.717, 1.165) is 18.7 Å². The Morgan fingerprint density at radius 3 is 2.68 bits per heavy atom. The fraction of sp³-hybridized carbons (Fsp3) is 0.500. The van der Waals surface area contributed by atoms with Gasteiger partial charge in [0.15, 0.2) is 0 Å². The van der Waals surface area contributed by atoms with Crippen LogP contribution in [0, 0.1) is 0 Å². The van der Waals surface area contributed by atoms with E-state index in [-0.39, 0.29) is 0 Å². The van der Waals surface area contributed by atoms with E-state index in [1.54, 1.807) is 11.3 Å². The molecule has 1 atom stereocenters. The van der Waals surface area contributed by atoms with Crippen LogP contribution in [0.25, 0.3) is 0 Å². The molecule has 104 valence electrons. The summed E-state index contributed by atoms with van der Waals surface area (Å²) in [7, 11) is 0. The van der Waals surface area contributed by atoms with E-state index < -0.39 is 0 Å². The third-order valence-corrected chi connectivity index (χ3v) is 4.73. The molecule has 0 bridgehead atoms. The quantitative estimate of drug-likeness (QED) is 0.853. The second kappa shape index (κ2) is 6.68. The van der Waals surface area contributed by atoms with Crippen LogP contribution in [0.5, 0.6) is 0 Å². The Bertz CT molecular complexity index is 518. The topological polar surface area (TPSA) is 29.9 Å². The van der Waals surface area contributed by atoms with Gasteiger partial charge in [0.1, 0.15) is 0 Å². The number of nitrogens with one attached hydrogen (secondary N) is 1. The normalized spacial score (nSPS) is 13.1. The van der Waals surface area contributed by atoms with E-state index in [4.69, 9.17) is 0 Å². The van der Waals surface area contributed by atoms with E-state index in [9.17, 15) is 0 Å². The van der Waals surface area contributed by atoms with Crippen molar-refractivity contribution >= 4 is 27.3 Å². The van der Waals surface area contributed by atoms with Gasteiger partial charge >= 0.3 is 0 Å². The summed E-state index contributed by atoms with van der Waals surface area (Å²) >= 11 is 5.32. The second-order valence-corrected chi connectivity index (χ2v) is 7.33. The summed E-state index contributed by atoms with van der Waals surface area (Å²) in [6.45, 7) is 7.40. The summed E-state index contributed by atoms with van der Waals surface area (Å²) in [5, 5.41) is 8.17. The van der Waals surface area contributed by atoms with Crippen molar-refractivity contribution in [2.24, 2.45) is 0 Å². The number of hydrogen-bond acceptors (Lipinski definition) is 3. The van der Waals surface area contributed by atoms with Crippen LogP contribution >= 0.6 is 27.3 Å². The molecule has 0 spiro atoms. The van der Waals surface area contributed by atoms with Crippen LogP contribution in [0.1, 0.15) is 43.4 Å². The molecule has 0 saturated carbocycles. The van der Waals surface area contributed by atoms with E-state index >= 15 is 0 Å². The molecular weight excluding hydrogens is 322 g/mol. The minimum Gasteiger partial charge on any atom is -0.309 e. The lowest BCUT2D eigenvalue weighted by atomic mass is 10.1. The lowest BCUT2D eigenvalue weighted by molar-refractivity contribution is 0.509. The van der Waals surface area contributed by atoms with Crippen molar-refractivity contribution in [1.82, 2.24) is 15.1 Å². The molecule has 5 heteroatoms. The summed E-state index contributed by atoms with van der Waals surface area (Å²) in [6.07, 6.45) is 2.99. The van der Waals surface area contributed by atoms with Gasteiger partial charge in [0.05, 0.1) is 9.48 Å². The number of rotatable bonds is 6. The molecule has 19 heavy (non-hydrogen) atoms. The first kappa shape index (κ1) is 14.8. The zero-order valence-electron chi connectivity index (χ0n) is 11.6. The first-order valence-corrected chi connectivity index (χ1v) is 8.23. The number of nitrogens with zero attached hydrogens (tertiary/aromatic N) is 2. The molecule has 2 aromatic rings. The van der Waals surface area contributed by atoms with Gasteiger partial charge in [-0.05, 0) is 54.5 Å². The predicted molar refractivity (Wildman–Crippen MR) is 84.8 cm³/mol. The van der Waals surface area contributed by atoms with Crippen LogP contribution in [0.3, 0.4) is 0 Å². The van der Waals surface area contributed by atoms with Crippen LogP contribution in [0.2, 0.25) is 0 Å². The molecule has 0 radical (unpaired) electrons. The van der Waals surface area contributed by atoms with E-state index in [2.05, 4.69) is 71.5 Å². The number of halogens is 1. The molecule has 0 aliphatic heterocycles. The van der Waals surface area contributed by atoms with Crippen molar-refractivity contribution in [1.29, 1.82) is 0 Å². The second-order valence-electron chi connectivity index (χ2n) is 4.84. The highest BCUT2D eigenvalue weighted by molar-refractivity contribution is 9.11. The maximum Gasteiger partial charge on any atom is 0.0701 e. The smallest absolute Gasteiger partial charge is 0.0701 e. The van der Waals surface area contributed by atoms with Crippen LogP contribution in [-0.4, -0.2) is 16.3 Å². The molecule has 2 heterocycles. The highest BCUT2D eigenvalue weighted by atomic mass is 79.9. The SMILES string of the molecule is CCNC(Cc1ccn(C(C)C)n1)c1ccc(Br)s1. The monoisotopic (exact) mass is 341 g/mol. The van der Waals surface area contributed by atoms with E-state index in [1.165, 1.54) is 8.66 Å². The average molecular weight is 342 g/mol. The molecule has 1 unspecified atom stereocenters. The zero-order chi connectivity index (χ0) is 13.8. The summed E-state index contributed by atoms with van der Waals surface area (Å²) in [4.78, 5) is 1.35. The summed E-state index contributed by atoms with van der Waals surface area (Å²) in [6, 6.07) is 7.17. The summed E-state index contributed by atoms with van der Waals surface area (Å²) in [5.74, 6) is 0. The van der Waals surface area contributed by atoms with Gasteiger partial charge in [0.2, 0.25) is 0 Å². The first-order valence-electron chi connectivity index (χ1n) is 6.62. The Kier molecular flexibility index (Phi) is 5.19. The zero-order valence-corrected chi connectivity index (χ0v) is 14.0. The molecule has 0 fully saturated rings. The molecule has 0 saturated heterocycles.